The fourth-order valence-corrected chi connectivity index (χ4v) is 6.35. The molecule has 7 heteroatoms. The fourth-order valence-electron chi connectivity index (χ4n) is 4.75. The van der Waals surface area contributed by atoms with Crippen LogP contribution in [0.3, 0.4) is 0 Å². The second-order valence-electron chi connectivity index (χ2n) is 8.01. The van der Waals surface area contributed by atoms with Crippen molar-refractivity contribution in [2.45, 2.75) is 68.6 Å². The Morgan fingerprint density at radius 3 is 2.81 bits per heavy atom. The Morgan fingerprint density at radius 2 is 2.00 bits per heavy atom. The number of thiophene rings is 1. The van der Waals surface area contributed by atoms with Crippen LogP contribution in [0, 0.1) is 5.92 Å². The molecule has 0 radical (unpaired) electrons. The van der Waals surface area contributed by atoms with Crippen molar-refractivity contribution in [2.75, 3.05) is 12.3 Å². The Labute approximate surface area is 168 Å². The molecule has 3 heterocycles. The number of rotatable bonds is 5. The van der Waals surface area contributed by atoms with Crippen LogP contribution in [0.1, 0.15) is 57.4 Å². The summed E-state index contributed by atoms with van der Waals surface area (Å²) in [7, 11) is 0. The van der Waals surface area contributed by atoms with E-state index in [-0.39, 0.29) is 0 Å². The minimum Gasteiger partial charge on any atom is -0.339 e. The number of likely N-dealkylation sites (tertiary alicyclic amines) is 1. The number of nitrogens with zero attached hydrogens (tertiary/aromatic N) is 4. The fraction of sp³-hybridized carbons (Fsp3) is 0.650. The van der Waals surface area contributed by atoms with Gasteiger partial charge in [0.15, 0.2) is 11.0 Å². The highest BCUT2D eigenvalue weighted by molar-refractivity contribution is 7.99. The third-order valence-corrected chi connectivity index (χ3v) is 8.00. The Morgan fingerprint density at radius 1 is 1.15 bits per heavy atom. The second kappa shape index (κ2) is 7.59. The van der Waals surface area contributed by atoms with Crippen molar-refractivity contribution in [3.8, 4) is 10.7 Å². The van der Waals surface area contributed by atoms with Crippen molar-refractivity contribution in [2.24, 2.45) is 5.92 Å². The maximum atomic E-state index is 13.0. The van der Waals surface area contributed by atoms with Crippen LogP contribution in [0.2, 0.25) is 0 Å². The first-order valence-electron chi connectivity index (χ1n) is 10.2. The van der Waals surface area contributed by atoms with Crippen LogP contribution in [0.15, 0.2) is 22.7 Å². The molecule has 1 aliphatic heterocycles. The molecule has 2 aromatic heterocycles. The molecule has 2 saturated carbocycles. The summed E-state index contributed by atoms with van der Waals surface area (Å²) < 4.78 is 2.27. The van der Waals surface area contributed by atoms with E-state index >= 15 is 0 Å². The number of hydrogen-bond acceptors (Lipinski definition) is 5. The SMILES string of the molecule is O=C(CSc1nnc(-c2cccs2)n1C1CC1)N1CCC[C@@H]2CCCC[C@@H]21. The van der Waals surface area contributed by atoms with E-state index in [1.54, 1.807) is 23.1 Å². The van der Waals surface area contributed by atoms with Gasteiger partial charge in [0, 0.05) is 18.6 Å². The summed E-state index contributed by atoms with van der Waals surface area (Å²) in [6.45, 7) is 0.941. The molecule has 5 rings (SSSR count). The molecule has 0 N–H and O–H groups in total. The normalized spacial score (nSPS) is 25.4. The van der Waals surface area contributed by atoms with E-state index in [1.807, 2.05) is 0 Å². The van der Waals surface area contributed by atoms with E-state index < -0.39 is 0 Å². The van der Waals surface area contributed by atoms with Gasteiger partial charge in [-0.2, -0.15) is 0 Å². The molecule has 2 aromatic rings. The lowest BCUT2D eigenvalue weighted by Gasteiger charge is -2.44. The van der Waals surface area contributed by atoms with Gasteiger partial charge in [0.05, 0.1) is 10.6 Å². The molecule has 5 nitrogen and oxygen atoms in total. The van der Waals surface area contributed by atoms with Gasteiger partial charge in [-0.1, -0.05) is 30.7 Å². The van der Waals surface area contributed by atoms with Crippen LogP contribution in [-0.4, -0.2) is 43.9 Å². The number of carbonyl (C=O) groups excluding carboxylic acids is 1. The first kappa shape index (κ1) is 17.7. The molecule has 3 aliphatic rings. The highest BCUT2D eigenvalue weighted by Gasteiger charge is 2.36. The Bertz CT molecular complexity index is 797. The lowest BCUT2D eigenvalue weighted by molar-refractivity contribution is -0.134. The zero-order valence-corrected chi connectivity index (χ0v) is 17.2. The van der Waals surface area contributed by atoms with E-state index in [1.165, 1.54) is 51.4 Å². The lowest BCUT2D eigenvalue weighted by atomic mass is 9.78. The Kier molecular flexibility index (Phi) is 4.98. The molecule has 0 unspecified atom stereocenters. The predicted octanol–water partition coefficient (Wildman–Crippen LogP) is 4.61. The van der Waals surface area contributed by atoms with E-state index in [9.17, 15) is 4.79 Å². The van der Waals surface area contributed by atoms with E-state index in [0.29, 0.717) is 23.7 Å². The van der Waals surface area contributed by atoms with Crippen molar-refractivity contribution in [3.63, 3.8) is 0 Å². The monoisotopic (exact) mass is 402 g/mol. The Hall–Kier alpha value is -1.34. The van der Waals surface area contributed by atoms with Gasteiger partial charge in [0.25, 0.3) is 0 Å². The molecule has 144 valence electrons. The number of amides is 1. The van der Waals surface area contributed by atoms with Crippen LogP contribution in [0.5, 0.6) is 0 Å². The summed E-state index contributed by atoms with van der Waals surface area (Å²) in [4.78, 5) is 16.4. The van der Waals surface area contributed by atoms with Crippen molar-refractivity contribution >= 4 is 29.0 Å². The van der Waals surface area contributed by atoms with Crippen LogP contribution in [0.4, 0.5) is 0 Å². The quantitative estimate of drug-likeness (QED) is 0.685. The average Bonchev–Trinajstić information content (AvgIpc) is 3.23. The largest absolute Gasteiger partial charge is 0.339 e. The van der Waals surface area contributed by atoms with Gasteiger partial charge in [-0.05, 0) is 55.9 Å². The van der Waals surface area contributed by atoms with Crippen LogP contribution < -0.4 is 0 Å². The third-order valence-electron chi connectivity index (χ3n) is 6.21. The lowest BCUT2D eigenvalue weighted by Crippen LogP contribution is -2.50. The van der Waals surface area contributed by atoms with Gasteiger partial charge < -0.3 is 4.90 Å². The van der Waals surface area contributed by atoms with Gasteiger partial charge in [0.2, 0.25) is 5.91 Å². The minimum absolute atomic E-state index is 0.291. The molecule has 0 spiro atoms. The van der Waals surface area contributed by atoms with E-state index in [4.69, 9.17) is 0 Å². The zero-order valence-electron chi connectivity index (χ0n) is 15.5. The number of fused-ring (bicyclic) bond motifs is 1. The highest BCUT2D eigenvalue weighted by atomic mass is 32.2. The van der Waals surface area contributed by atoms with Gasteiger partial charge in [-0.3, -0.25) is 9.36 Å². The average molecular weight is 403 g/mol. The van der Waals surface area contributed by atoms with Crippen LogP contribution >= 0.6 is 23.1 Å². The second-order valence-corrected chi connectivity index (χ2v) is 9.90. The summed E-state index contributed by atoms with van der Waals surface area (Å²) in [6.07, 6.45) is 9.97. The number of carbonyl (C=O) groups is 1. The molecule has 1 saturated heterocycles. The number of aromatic nitrogens is 3. The van der Waals surface area contributed by atoms with Crippen molar-refractivity contribution in [3.05, 3.63) is 17.5 Å². The molecule has 2 aliphatic carbocycles. The molecule has 1 amide bonds. The van der Waals surface area contributed by atoms with Crippen molar-refractivity contribution in [1.82, 2.24) is 19.7 Å². The Balaban J connectivity index is 1.29. The highest BCUT2D eigenvalue weighted by Crippen LogP contribution is 2.42. The maximum Gasteiger partial charge on any atom is 0.233 e. The zero-order chi connectivity index (χ0) is 18.2. The standard InChI is InChI=1S/C20H26N4OS2/c25-18(23-11-3-6-14-5-1-2-7-16(14)23)13-27-20-22-21-19(17-8-4-12-26-17)24(20)15-9-10-15/h4,8,12,14-16H,1-3,5-7,9-11,13H2/t14-,16-/m0/s1. The minimum atomic E-state index is 0.291. The van der Waals surface area contributed by atoms with Crippen molar-refractivity contribution < 1.29 is 4.79 Å². The molecule has 0 bridgehead atoms. The summed E-state index contributed by atoms with van der Waals surface area (Å²) in [5, 5.41) is 11.9. The molecular formula is C20H26N4OS2. The first-order valence-corrected chi connectivity index (χ1v) is 12.1. The molecule has 3 fully saturated rings. The smallest absolute Gasteiger partial charge is 0.233 e. The van der Waals surface area contributed by atoms with Crippen molar-refractivity contribution in [1.29, 1.82) is 0 Å². The van der Waals surface area contributed by atoms with Gasteiger partial charge in [0.1, 0.15) is 0 Å². The third kappa shape index (κ3) is 3.56. The summed E-state index contributed by atoms with van der Waals surface area (Å²) in [5.74, 6) is 2.48. The molecule has 27 heavy (non-hydrogen) atoms. The van der Waals surface area contributed by atoms with Crippen LogP contribution in [0.25, 0.3) is 10.7 Å². The summed E-state index contributed by atoms with van der Waals surface area (Å²) in [5.41, 5.74) is 0. The van der Waals surface area contributed by atoms with Gasteiger partial charge in [-0.15, -0.1) is 21.5 Å². The predicted molar refractivity (Wildman–Crippen MR) is 109 cm³/mol. The molecule has 2 atom stereocenters. The number of piperidine rings is 1. The van der Waals surface area contributed by atoms with Crippen LogP contribution in [-0.2, 0) is 4.79 Å². The van der Waals surface area contributed by atoms with Gasteiger partial charge >= 0.3 is 0 Å². The van der Waals surface area contributed by atoms with E-state index in [2.05, 4.69) is 37.2 Å². The van der Waals surface area contributed by atoms with Gasteiger partial charge in [-0.25, -0.2) is 0 Å². The summed E-state index contributed by atoms with van der Waals surface area (Å²) >= 11 is 3.28. The maximum absolute atomic E-state index is 13.0. The first-order chi connectivity index (χ1) is 13.3. The molecular weight excluding hydrogens is 376 g/mol. The molecule has 0 aromatic carbocycles. The topological polar surface area (TPSA) is 51.0 Å². The van der Waals surface area contributed by atoms with E-state index in [0.717, 1.165) is 28.3 Å². The number of thioether (sulfide) groups is 1. The number of hydrogen-bond donors (Lipinski definition) is 0. The summed E-state index contributed by atoms with van der Waals surface area (Å²) in [6, 6.07) is 5.15.